The topological polar surface area (TPSA) is 72.6 Å². The van der Waals surface area contributed by atoms with Gasteiger partial charge in [-0.25, -0.2) is 4.98 Å². The standard InChI is InChI=1S/C26H23ClN2O4/c1-17-12-13-23-22(14-17)28-24(33-23)16-29(15-20-10-6-7-11-21(20)27)26(31)25(32-18(2)30)19-8-4-3-5-9-19/h3-14,25H,15-16H2,1-2H3/t25-/m1/s1. The summed E-state index contributed by atoms with van der Waals surface area (Å²) < 4.78 is 11.3. The number of carbonyl (C=O) groups excluding carboxylic acids is 2. The second-order valence-electron chi connectivity index (χ2n) is 7.76. The normalized spacial score (nSPS) is 11.8. The first-order chi connectivity index (χ1) is 15.9. The molecule has 0 unspecified atom stereocenters. The first-order valence-electron chi connectivity index (χ1n) is 10.5. The van der Waals surface area contributed by atoms with E-state index in [0.717, 1.165) is 16.6 Å². The van der Waals surface area contributed by atoms with Crippen LogP contribution in [-0.4, -0.2) is 21.8 Å². The molecule has 0 N–H and O–H groups in total. The number of aryl methyl sites for hydroxylation is 1. The Balaban J connectivity index is 1.70. The van der Waals surface area contributed by atoms with Crippen molar-refractivity contribution in [1.29, 1.82) is 0 Å². The van der Waals surface area contributed by atoms with Gasteiger partial charge >= 0.3 is 5.97 Å². The largest absolute Gasteiger partial charge is 0.447 e. The van der Waals surface area contributed by atoms with E-state index < -0.39 is 18.0 Å². The molecule has 4 rings (SSSR count). The number of carbonyl (C=O) groups is 2. The van der Waals surface area contributed by atoms with Crippen LogP contribution in [0, 0.1) is 6.92 Å². The first kappa shape index (κ1) is 22.6. The molecule has 4 aromatic rings. The molecule has 6 nitrogen and oxygen atoms in total. The molecule has 0 saturated heterocycles. The number of hydrogen-bond donors (Lipinski definition) is 0. The van der Waals surface area contributed by atoms with Crippen molar-refractivity contribution in [1.82, 2.24) is 9.88 Å². The fourth-order valence-corrected chi connectivity index (χ4v) is 3.78. The summed E-state index contributed by atoms with van der Waals surface area (Å²) >= 11 is 6.38. The lowest BCUT2D eigenvalue weighted by atomic mass is 10.1. The Morgan fingerprint density at radius 1 is 1.03 bits per heavy atom. The van der Waals surface area contributed by atoms with E-state index in [-0.39, 0.29) is 13.1 Å². The van der Waals surface area contributed by atoms with Crippen molar-refractivity contribution in [2.75, 3.05) is 0 Å². The zero-order chi connectivity index (χ0) is 23.4. The number of halogens is 1. The second-order valence-corrected chi connectivity index (χ2v) is 8.17. The van der Waals surface area contributed by atoms with Gasteiger partial charge in [-0.05, 0) is 36.2 Å². The van der Waals surface area contributed by atoms with Crippen LogP contribution in [0.2, 0.25) is 5.02 Å². The molecule has 0 aliphatic rings. The Hall–Kier alpha value is -3.64. The average Bonchev–Trinajstić information content (AvgIpc) is 3.20. The van der Waals surface area contributed by atoms with Crippen LogP contribution in [0.5, 0.6) is 0 Å². The molecule has 168 valence electrons. The molecule has 1 heterocycles. The molecular weight excluding hydrogens is 440 g/mol. The number of fused-ring (bicyclic) bond motifs is 1. The van der Waals surface area contributed by atoms with Crippen LogP contribution in [0.1, 0.15) is 35.6 Å². The van der Waals surface area contributed by atoms with E-state index in [1.165, 1.54) is 6.92 Å². The fraction of sp³-hybridized carbons (Fsp3) is 0.192. The quantitative estimate of drug-likeness (QED) is 0.333. The van der Waals surface area contributed by atoms with Crippen molar-refractivity contribution < 1.29 is 18.7 Å². The van der Waals surface area contributed by atoms with Gasteiger partial charge in [-0.2, -0.15) is 0 Å². The van der Waals surface area contributed by atoms with E-state index in [1.807, 2.05) is 49.4 Å². The van der Waals surface area contributed by atoms with Crippen molar-refractivity contribution in [2.45, 2.75) is 33.0 Å². The predicted octanol–water partition coefficient (Wildman–Crippen LogP) is 5.62. The van der Waals surface area contributed by atoms with Gasteiger partial charge in [0.2, 0.25) is 12.0 Å². The van der Waals surface area contributed by atoms with Crippen LogP contribution in [0.15, 0.2) is 77.2 Å². The number of benzene rings is 3. The number of rotatable bonds is 7. The highest BCUT2D eigenvalue weighted by molar-refractivity contribution is 6.31. The number of oxazole rings is 1. The average molecular weight is 463 g/mol. The maximum Gasteiger partial charge on any atom is 0.303 e. The van der Waals surface area contributed by atoms with Gasteiger partial charge in [-0.3, -0.25) is 9.59 Å². The molecule has 0 aliphatic carbocycles. The Morgan fingerprint density at radius 3 is 2.48 bits per heavy atom. The molecule has 0 fully saturated rings. The van der Waals surface area contributed by atoms with Crippen molar-refractivity contribution >= 4 is 34.6 Å². The maximum absolute atomic E-state index is 13.7. The summed E-state index contributed by atoms with van der Waals surface area (Å²) in [6.45, 7) is 3.54. The smallest absolute Gasteiger partial charge is 0.303 e. The van der Waals surface area contributed by atoms with E-state index in [4.69, 9.17) is 20.8 Å². The maximum atomic E-state index is 13.7. The molecule has 0 aliphatic heterocycles. The highest BCUT2D eigenvalue weighted by Gasteiger charge is 2.30. The van der Waals surface area contributed by atoms with E-state index >= 15 is 0 Å². The Labute approximate surface area is 196 Å². The Kier molecular flexibility index (Phi) is 6.75. The molecule has 0 spiro atoms. The summed E-state index contributed by atoms with van der Waals surface area (Å²) in [4.78, 5) is 31.6. The Bertz CT molecular complexity index is 1290. The van der Waals surface area contributed by atoms with Crippen LogP contribution < -0.4 is 0 Å². The number of esters is 1. The van der Waals surface area contributed by atoms with E-state index in [0.29, 0.717) is 22.1 Å². The zero-order valence-electron chi connectivity index (χ0n) is 18.3. The van der Waals surface area contributed by atoms with Gasteiger partial charge in [0.1, 0.15) is 5.52 Å². The minimum absolute atomic E-state index is 0.0857. The zero-order valence-corrected chi connectivity index (χ0v) is 19.1. The molecule has 1 atom stereocenters. The number of amides is 1. The van der Waals surface area contributed by atoms with Crippen LogP contribution in [0.4, 0.5) is 0 Å². The fourth-order valence-electron chi connectivity index (χ4n) is 3.58. The number of aromatic nitrogens is 1. The lowest BCUT2D eigenvalue weighted by molar-refractivity contribution is -0.160. The number of nitrogens with zero attached hydrogens (tertiary/aromatic N) is 2. The van der Waals surface area contributed by atoms with Crippen molar-refractivity contribution in [2.24, 2.45) is 0 Å². The minimum Gasteiger partial charge on any atom is -0.447 e. The summed E-state index contributed by atoms with van der Waals surface area (Å²) in [5, 5.41) is 0.534. The SMILES string of the molecule is CC(=O)O[C@@H](C(=O)N(Cc1nc2cc(C)ccc2o1)Cc1ccccc1Cl)c1ccccc1. The minimum atomic E-state index is -1.10. The van der Waals surface area contributed by atoms with E-state index in [1.54, 1.807) is 35.2 Å². The molecule has 0 bridgehead atoms. The lowest BCUT2D eigenvalue weighted by Crippen LogP contribution is -2.36. The van der Waals surface area contributed by atoms with Gasteiger partial charge < -0.3 is 14.1 Å². The van der Waals surface area contributed by atoms with Gasteiger partial charge in [0.15, 0.2) is 5.58 Å². The molecule has 3 aromatic carbocycles. The second kappa shape index (κ2) is 9.88. The van der Waals surface area contributed by atoms with Gasteiger partial charge in [0, 0.05) is 24.1 Å². The number of ether oxygens (including phenoxy) is 1. The van der Waals surface area contributed by atoms with E-state index in [2.05, 4.69) is 4.98 Å². The van der Waals surface area contributed by atoms with Crippen LogP contribution in [0.25, 0.3) is 11.1 Å². The summed E-state index contributed by atoms with van der Waals surface area (Å²) in [7, 11) is 0. The molecule has 0 saturated carbocycles. The lowest BCUT2D eigenvalue weighted by Gasteiger charge is -2.26. The summed E-state index contributed by atoms with van der Waals surface area (Å²) in [6, 6.07) is 21.9. The number of hydrogen-bond acceptors (Lipinski definition) is 5. The molecule has 0 radical (unpaired) electrons. The van der Waals surface area contributed by atoms with Crippen molar-refractivity contribution in [3.05, 3.63) is 100 Å². The van der Waals surface area contributed by atoms with Crippen molar-refractivity contribution in [3.8, 4) is 0 Å². The monoisotopic (exact) mass is 462 g/mol. The van der Waals surface area contributed by atoms with Gasteiger partial charge in [0.05, 0.1) is 6.54 Å². The molecule has 1 amide bonds. The third kappa shape index (κ3) is 5.41. The highest BCUT2D eigenvalue weighted by atomic mass is 35.5. The van der Waals surface area contributed by atoms with E-state index in [9.17, 15) is 9.59 Å². The van der Waals surface area contributed by atoms with Gasteiger partial charge in [0.25, 0.3) is 5.91 Å². The summed E-state index contributed by atoms with van der Waals surface area (Å²) in [5.74, 6) is -0.562. The first-order valence-corrected chi connectivity index (χ1v) is 10.9. The summed E-state index contributed by atoms with van der Waals surface area (Å²) in [5.41, 5.74) is 3.75. The van der Waals surface area contributed by atoms with Gasteiger partial charge in [-0.15, -0.1) is 0 Å². The summed E-state index contributed by atoms with van der Waals surface area (Å²) in [6.07, 6.45) is -1.10. The molecule has 1 aromatic heterocycles. The molecule has 7 heteroatoms. The third-order valence-electron chi connectivity index (χ3n) is 5.15. The molecular formula is C26H23ClN2O4. The Morgan fingerprint density at radius 2 is 1.76 bits per heavy atom. The molecule has 33 heavy (non-hydrogen) atoms. The third-order valence-corrected chi connectivity index (χ3v) is 5.52. The highest BCUT2D eigenvalue weighted by Crippen LogP contribution is 2.26. The predicted molar refractivity (Wildman–Crippen MR) is 125 cm³/mol. The van der Waals surface area contributed by atoms with Crippen LogP contribution >= 0.6 is 11.6 Å². The van der Waals surface area contributed by atoms with Crippen molar-refractivity contribution in [3.63, 3.8) is 0 Å². The van der Waals surface area contributed by atoms with Crippen LogP contribution in [0.3, 0.4) is 0 Å². The van der Waals surface area contributed by atoms with Crippen LogP contribution in [-0.2, 0) is 27.4 Å². The van der Waals surface area contributed by atoms with Gasteiger partial charge in [-0.1, -0.05) is 66.2 Å².